The maximum absolute atomic E-state index is 10.9. The van der Waals surface area contributed by atoms with E-state index in [0.29, 0.717) is 5.57 Å². The van der Waals surface area contributed by atoms with E-state index >= 15 is 0 Å². The summed E-state index contributed by atoms with van der Waals surface area (Å²) >= 11 is 0. The number of hydrogen-bond donors (Lipinski definition) is 0. The van der Waals surface area contributed by atoms with E-state index in [4.69, 9.17) is 14.2 Å². The van der Waals surface area contributed by atoms with Crippen LogP contribution in [0.4, 0.5) is 4.79 Å². The minimum absolute atomic E-state index is 0.146. The standard InChI is InChI=1S/C10H14O6/c1-7(2)9(11)14-4-3-13-5-8-6-15-10(12)16-8/h8H,1,3-6H2,2H3. The highest BCUT2D eigenvalue weighted by Gasteiger charge is 2.24. The normalized spacial score (nSPS) is 18.8. The van der Waals surface area contributed by atoms with E-state index in [0.717, 1.165) is 0 Å². The second-order valence-corrected chi connectivity index (χ2v) is 3.29. The lowest BCUT2D eigenvalue weighted by Gasteiger charge is -2.08. The van der Waals surface area contributed by atoms with Crippen molar-refractivity contribution in [2.45, 2.75) is 13.0 Å². The molecule has 1 rings (SSSR count). The van der Waals surface area contributed by atoms with Crippen LogP contribution in [0.25, 0.3) is 0 Å². The molecule has 0 N–H and O–H groups in total. The molecule has 0 aromatic carbocycles. The average molecular weight is 230 g/mol. The van der Waals surface area contributed by atoms with Crippen molar-refractivity contribution in [3.8, 4) is 0 Å². The van der Waals surface area contributed by atoms with Crippen LogP contribution in [0.1, 0.15) is 6.92 Å². The van der Waals surface area contributed by atoms with Gasteiger partial charge >= 0.3 is 12.1 Å². The molecule has 0 bridgehead atoms. The largest absolute Gasteiger partial charge is 0.508 e. The van der Waals surface area contributed by atoms with Crippen molar-refractivity contribution < 1.29 is 28.5 Å². The van der Waals surface area contributed by atoms with E-state index < -0.39 is 12.1 Å². The zero-order valence-electron chi connectivity index (χ0n) is 9.06. The van der Waals surface area contributed by atoms with Crippen molar-refractivity contribution in [1.82, 2.24) is 0 Å². The van der Waals surface area contributed by atoms with Crippen molar-refractivity contribution in [1.29, 1.82) is 0 Å². The van der Waals surface area contributed by atoms with Crippen LogP contribution in [-0.4, -0.2) is 44.7 Å². The van der Waals surface area contributed by atoms with Crippen LogP contribution in [0.15, 0.2) is 12.2 Å². The molecule has 0 radical (unpaired) electrons. The third-order valence-corrected chi connectivity index (χ3v) is 1.76. The lowest BCUT2D eigenvalue weighted by atomic mass is 10.4. The Morgan fingerprint density at radius 2 is 2.31 bits per heavy atom. The number of carbonyl (C=O) groups excluding carboxylic acids is 2. The van der Waals surface area contributed by atoms with Crippen LogP contribution in [0.2, 0.25) is 0 Å². The van der Waals surface area contributed by atoms with Gasteiger partial charge in [-0.15, -0.1) is 0 Å². The first kappa shape index (κ1) is 12.5. The summed E-state index contributed by atoms with van der Waals surface area (Å²) in [5.41, 5.74) is 0.345. The van der Waals surface area contributed by atoms with E-state index in [-0.39, 0.29) is 32.5 Å². The molecule has 0 aromatic heterocycles. The van der Waals surface area contributed by atoms with E-state index in [1.165, 1.54) is 0 Å². The number of carbonyl (C=O) groups is 2. The molecule has 1 atom stereocenters. The molecular formula is C10H14O6. The van der Waals surface area contributed by atoms with E-state index in [1.54, 1.807) is 6.92 Å². The molecule has 16 heavy (non-hydrogen) atoms. The molecule has 1 heterocycles. The van der Waals surface area contributed by atoms with Gasteiger partial charge in [0.05, 0.1) is 13.2 Å². The fourth-order valence-corrected chi connectivity index (χ4v) is 0.979. The van der Waals surface area contributed by atoms with Gasteiger partial charge in [0.25, 0.3) is 0 Å². The average Bonchev–Trinajstić information content (AvgIpc) is 2.63. The second kappa shape index (κ2) is 6.12. The summed E-state index contributed by atoms with van der Waals surface area (Å²) in [6, 6.07) is 0. The predicted molar refractivity (Wildman–Crippen MR) is 52.8 cm³/mol. The van der Waals surface area contributed by atoms with E-state index in [9.17, 15) is 9.59 Å². The molecule has 1 aliphatic heterocycles. The molecular weight excluding hydrogens is 216 g/mol. The number of rotatable bonds is 6. The first-order valence-electron chi connectivity index (χ1n) is 4.83. The number of hydrogen-bond acceptors (Lipinski definition) is 6. The molecule has 1 unspecified atom stereocenters. The van der Waals surface area contributed by atoms with Crippen LogP contribution in [-0.2, 0) is 23.7 Å². The summed E-state index contributed by atoms with van der Waals surface area (Å²) in [7, 11) is 0. The lowest BCUT2D eigenvalue weighted by Crippen LogP contribution is -2.20. The van der Waals surface area contributed by atoms with Gasteiger partial charge < -0.3 is 18.9 Å². The maximum Gasteiger partial charge on any atom is 0.508 e. The fourth-order valence-electron chi connectivity index (χ4n) is 0.979. The van der Waals surface area contributed by atoms with Gasteiger partial charge in [0, 0.05) is 5.57 Å². The molecule has 1 saturated heterocycles. The summed E-state index contributed by atoms with van der Waals surface area (Å²) < 4.78 is 19.2. The minimum Gasteiger partial charge on any atom is -0.460 e. The topological polar surface area (TPSA) is 71.1 Å². The molecule has 0 amide bonds. The lowest BCUT2D eigenvalue weighted by molar-refractivity contribution is -0.140. The van der Waals surface area contributed by atoms with Crippen molar-refractivity contribution in [2.75, 3.05) is 26.4 Å². The van der Waals surface area contributed by atoms with Crippen LogP contribution in [0.3, 0.4) is 0 Å². The number of cyclic esters (lactones) is 2. The molecule has 90 valence electrons. The minimum atomic E-state index is -0.678. The van der Waals surface area contributed by atoms with Crippen molar-refractivity contribution in [3.63, 3.8) is 0 Å². The quantitative estimate of drug-likeness (QED) is 0.379. The molecule has 0 saturated carbocycles. The van der Waals surface area contributed by atoms with E-state index in [2.05, 4.69) is 11.3 Å². The molecule has 0 aliphatic carbocycles. The summed E-state index contributed by atoms with van der Waals surface area (Å²) in [5.74, 6) is -0.445. The monoisotopic (exact) mass is 230 g/mol. The van der Waals surface area contributed by atoms with Crippen LogP contribution in [0.5, 0.6) is 0 Å². The Kier molecular flexibility index (Phi) is 4.78. The van der Waals surface area contributed by atoms with E-state index in [1.807, 2.05) is 0 Å². The Bertz CT molecular complexity index is 285. The third kappa shape index (κ3) is 4.31. The highest BCUT2D eigenvalue weighted by atomic mass is 16.8. The highest BCUT2D eigenvalue weighted by molar-refractivity contribution is 5.86. The third-order valence-electron chi connectivity index (χ3n) is 1.76. The van der Waals surface area contributed by atoms with Gasteiger partial charge in [-0.1, -0.05) is 6.58 Å². The Labute approximate surface area is 93.1 Å². The maximum atomic E-state index is 10.9. The smallest absolute Gasteiger partial charge is 0.460 e. The van der Waals surface area contributed by atoms with Gasteiger partial charge in [-0.3, -0.25) is 0 Å². The molecule has 0 aromatic rings. The second-order valence-electron chi connectivity index (χ2n) is 3.29. The summed E-state index contributed by atoms with van der Waals surface area (Å²) in [6.07, 6.45) is -1.05. The van der Waals surface area contributed by atoms with Gasteiger partial charge in [0.15, 0.2) is 6.10 Å². The van der Waals surface area contributed by atoms with Crippen LogP contribution >= 0.6 is 0 Å². The number of ether oxygens (including phenoxy) is 4. The molecule has 1 fully saturated rings. The van der Waals surface area contributed by atoms with Crippen LogP contribution < -0.4 is 0 Å². The summed E-state index contributed by atoms with van der Waals surface area (Å²) in [6.45, 7) is 5.82. The summed E-state index contributed by atoms with van der Waals surface area (Å²) in [5, 5.41) is 0. The zero-order chi connectivity index (χ0) is 12.0. The molecule has 6 heteroatoms. The Morgan fingerprint density at radius 3 is 2.88 bits per heavy atom. The van der Waals surface area contributed by atoms with Gasteiger partial charge in [-0.25, -0.2) is 9.59 Å². The molecule has 1 aliphatic rings. The van der Waals surface area contributed by atoms with Crippen molar-refractivity contribution >= 4 is 12.1 Å². The van der Waals surface area contributed by atoms with Crippen molar-refractivity contribution in [2.24, 2.45) is 0 Å². The van der Waals surface area contributed by atoms with Gasteiger partial charge in [0.1, 0.15) is 13.2 Å². The van der Waals surface area contributed by atoms with Gasteiger partial charge in [-0.2, -0.15) is 0 Å². The van der Waals surface area contributed by atoms with Crippen molar-refractivity contribution in [3.05, 3.63) is 12.2 Å². The first-order chi connectivity index (χ1) is 7.59. The Hall–Kier alpha value is -1.56. The predicted octanol–water partition coefficient (Wildman–Crippen LogP) is 0.658. The Morgan fingerprint density at radius 1 is 1.56 bits per heavy atom. The molecule has 0 spiro atoms. The highest BCUT2D eigenvalue weighted by Crippen LogP contribution is 2.05. The van der Waals surface area contributed by atoms with Gasteiger partial charge in [0.2, 0.25) is 0 Å². The SMILES string of the molecule is C=C(C)C(=O)OCCOCC1COC(=O)O1. The fraction of sp³-hybridized carbons (Fsp3) is 0.600. The number of esters is 1. The first-order valence-corrected chi connectivity index (χ1v) is 4.83. The summed E-state index contributed by atoms with van der Waals surface area (Å²) in [4.78, 5) is 21.5. The van der Waals surface area contributed by atoms with Crippen LogP contribution in [0, 0.1) is 0 Å². The zero-order valence-corrected chi connectivity index (χ0v) is 9.06. The molecule has 6 nitrogen and oxygen atoms in total. The van der Waals surface area contributed by atoms with Gasteiger partial charge in [-0.05, 0) is 6.92 Å². The Balaban J connectivity index is 1.98.